The van der Waals surface area contributed by atoms with Crippen LogP contribution in [0.15, 0.2) is 41.3 Å². The number of aromatic nitrogens is 4. The van der Waals surface area contributed by atoms with Crippen molar-refractivity contribution in [1.82, 2.24) is 24.2 Å². The highest BCUT2D eigenvalue weighted by molar-refractivity contribution is 5.97. The number of hydrogen-bond acceptors (Lipinski definition) is 4. The monoisotopic (exact) mass is 408 g/mol. The summed E-state index contributed by atoms with van der Waals surface area (Å²) in [6, 6.07) is 8.98. The van der Waals surface area contributed by atoms with Gasteiger partial charge in [0.25, 0.3) is 0 Å². The van der Waals surface area contributed by atoms with Gasteiger partial charge in [-0.3, -0.25) is 18.8 Å². The fraction of sp³-hybridized carbons (Fsp3) is 0.429. The zero-order valence-electron chi connectivity index (χ0n) is 16.7. The Hall–Kier alpha value is -3.36. The van der Waals surface area contributed by atoms with E-state index in [-0.39, 0.29) is 23.5 Å². The van der Waals surface area contributed by atoms with Crippen molar-refractivity contribution in [3.05, 3.63) is 47.0 Å². The first-order valence-corrected chi connectivity index (χ1v) is 10.3. The summed E-state index contributed by atoms with van der Waals surface area (Å²) in [5.74, 6) is 0.718. The van der Waals surface area contributed by atoms with E-state index < -0.39 is 6.04 Å². The van der Waals surface area contributed by atoms with E-state index in [1.54, 1.807) is 33.5 Å². The van der Waals surface area contributed by atoms with E-state index >= 15 is 0 Å². The fourth-order valence-corrected chi connectivity index (χ4v) is 4.59. The number of nitrogens with one attached hydrogen (secondary N) is 2. The Morgan fingerprint density at radius 1 is 1.23 bits per heavy atom. The van der Waals surface area contributed by atoms with Crippen molar-refractivity contribution in [3.8, 4) is 0 Å². The third kappa shape index (κ3) is 3.30. The molecule has 0 radical (unpaired) electrons. The van der Waals surface area contributed by atoms with Crippen molar-refractivity contribution in [2.75, 3.05) is 5.32 Å². The molecule has 2 N–H and O–H groups in total. The highest BCUT2D eigenvalue weighted by atomic mass is 16.2. The van der Waals surface area contributed by atoms with Crippen molar-refractivity contribution >= 4 is 28.7 Å². The number of nitrogens with zero attached hydrogens (tertiary/aromatic N) is 4. The van der Waals surface area contributed by atoms with Crippen LogP contribution in [0.5, 0.6) is 0 Å². The molecule has 156 valence electrons. The minimum Gasteiger partial charge on any atom is -0.327 e. The molecule has 3 atom stereocenters. The van der Waals surface area contributed by atoms with Crippen molar-refractivity contribution in [3.63, 3.8) is 0 Å². The van der Waals surface area contributed by atoms with E-state index in [0.717, 1.165) is 17.5 Å². The van der Waals surface area contributed by atoms with Crippen LogP contribution in [0.25, 0.3) is 11.0 Å². The Kier molecular flexibility index (Phi) is 4.45. The van der Waals surface area contributed by atoms with E-state index in [4.69, 9.17) is 0 Å². The number of likely N-dealkylation sites (tertiary alicyclic amines) is 1. The first-order chi connectivity index (χ1) is 14.5. The number of aromatic amines is 1. The second-order valence-corrected chi connectivity index (χ2v) is 8.18. The Morgan fingerprint density at radius 3 is 2.87 bits per heavy atom. The SMILES string of the molecule is Cn1ccc(NC(=O)[C@H]2C[C@H]3C[C@H]3N2C(=O)CCCn2c(=O)[nH]c3ccccc32)n1. The van der Waals surface area contributed by atoms with Gasteiger partial charge < -0.3 is 15.2 Å². The minimum atomic E-state index is -0.445. The number of amides is 2. The van der Waals surface area contributed by atoms with E-state index in [1.165, 1.54) is 0 Å². The summed E-state index contributed by atoms with van der Waals surface area (Å²) in [6.45, 7) is 0.460. The molecule has 9 heteroatoms. The van der Waals surface area contributed by atoms with Crippen molar-refractivity contribution in [1.29, 1.82) is 0 Å². The molecule has 2 aliphatic rings. The predicted octanol–water partition coefficient (Wildman–Crippen LogP) is 1.47. The van der Waals surface area contributed by atoms with Gasteiger partial charge in [0.15, 0.2) is 5.82 Å². The number of carbonyl (C=O) groups is 2. The topological polar surface area (TPSA) is 105 Å². The maximum atomic E-state index is 13.0. The number of para-hydroxylation sites is 2. The number of benzene rings is 1. The van der Waals surface area contributed by atoms with Gasteiger partial charge in [0.1, 0.15) is 6.04 Å². The molecule has 1 aliphatic carbocycles. The second kappa shape index (κ2) is 7.16. The van der Waals surface area contributed by atoms with Gasteiger partial charge in [0, 0.05) is 38.3 Å². The minimum absolute atomic E-state index is 0.0194. The molecule has 9 nitrogen and oxygen atoms in total. The summed E-state index contributed by atoms with van der Waals surface area (Å²) in [7, 11) is 1.79. The molecule has 1 saturated carbocycles. The first kappa shape index (κ1) is 18.7. The van der Waals surface area contributed by atoms with Gasteiger partial charge in [0.2, 0.25) is 11.8 Å². The number of carbonyl (C=O) groups excluding carboxylic acids is 2. The summed E-state index contributed by atoms with van der Waals surface area (Å²) in [4.78, 5) is 42.5. The molecule has 3 aromatic rings. The van der Waals surface area contributed by atoms with Gasteiger partial charge in [-0.2, -0.15) is 5.10 Å². The summed E-state index contributed by atoms with van der Waals surface area (Å²) in [6.07, 6.45) is 4.29. The maximum Gasteiger partial charge on any atom is 0.326 e. The van der Waals surface area contributed by atoms with Crippen LogP contribution in [-0.2, 0) is 23.2 Å². The average Bonchev–Trinajstić information content (AvgIpc) is 3.04. The highest BCUT2D eigenvalue weighted by Gasteiger charge is 2.55. The summed E-state index contributed by atoms with van der Waals surface area (Å²) in [5.41, 5.74) is 1.46. The number of piperidine rings is 1. The zero-order chi connectivity index (χ0) is 20.8. The molecule has 0 spiro atoms. The standard InChI is InChI=1S/C21H24N6O3/c1-25-10-8-18(24-25)23-20(29)17-12-13-11-16(13)27(17)19(28)7-4-9-26-15-6-3-2-5-14(15)22-21(26)30/h2-3,5-6,8,10,13,16-17H,4,7,9,11-12H2,1H3,(H,22,30)(H,23,24,29)/t13-,16-,17-/m1/s1. The van der Waals surface area contributed by atoms with Crippen LogP contribution in [0.1, 0.15) is 25.7 Å². The molecular formula is C21H24N6O3. The van der Waals surface area contributed by atoms with Crippen LogP contribution in [0, 0.1) is 5.92 Å². The number of hydrogen-bond donors (Lipinski definition) is 2. The van der Waals surface area contributed by atoms with E-state index in [1.807, 2.05) is 24.3 Å². The molecule has 1 aliphatic heterocycles. The molecule has 0 bridgehead atoms. The molecule has 1 aromatic carbocycles. The summed E-state index contributed by atoms with van der Waals surface area (Å²) in [5, 5.41) is 7.00. The number of anilines is 1. The zero-order valence-corrected chi connectivity index (χ0v) is 16.7. The lowest BCUT2D eigenvalue weighted by atomic mass is 10.1. The number of aryl methyl sites for hydroxylation is 2. The van der Waals surface area contributed by atoms with Gasteiger partial charge in [-0.25, -0.2) is 4.79 Å². The highest BCUT2D eigenvalue weighted by Crippen LogP contribution is 2.48. The van der Waals surface area contributed by atoms with Crippen molar-refractivity contribution in [2.45, 2.75) is 44.3 Å². The lowest BCUT2D eigenvalue weighted by molar-refractivity contribution is -0.138. The maximum absolute atomic E-state index is 13.0. The molecule has 30 heavy (non-hydrogen) atoms. The van der Waals surface area contributed by atoms with Gasteiger partial charge >= 0.3 is 5.69 Å². The van der Waals surface area contributed by atoms with Gasteiger partial charge in [0.05, 0.1) is 11.0 Å². The molecule has 2 fully saturated rings. The first-order valence-electron chi connectivity index (χ1n) is 10.3. The molecule has 3 heterocycles. The van der Waals surface area contributed by atoms with E-state index in [9.17, 15) is 14.4 Å². The summed E-state index contributed by atoms with van der Waals surface area (Å²) >= 11 is 0. The molecule has 2 amide bonds. The van der Waals surface area contributed by atoms with Crippen LogP contribution >= 0.6 is 0 Å². The van der Waals surface area contributed by atoms with Crippen molar-refractivity contribution in [2.24, 2.45) is 13.0 Å². The molecule has 5 rings (SSSR count). The largest absolute Gasteiger partial charge is 0.327 e. The molecule has 2 aromatic heterocycles. The fourth-order valence-electron chi connectivity index (χ4n) is 4.59. The van der Waals surface area contributed by atoms with Crippen LogP contribution < -0.4 is 11.0 Å². The number of H-pyrrole nitrogens is 1. The van der Waals surface area contributed by atoms with E-state index in [0.29, 0.717) is 37.5 Å². The van der Waals surface area contributed by atoms with Gasteiger partial charge in [-0.15, -0.1) is 0 Å². The lowest BCUT2D eigenvalue weighted by Crippen LogP contribution is -2.45. The van der Waals surface area contributed by atoms with Crippen molar-refractivity contribution < 1.29 is 9.59 Å². The third-order valence-corrected chi connectivity index (χ3v) is 6.11. The van der Waals surface area contributed by atoms with Gasteiger partial charge in [-0.05, 0) is 37.3 Å². The average molecular weight is 408 g/mol. The molecule has 1 saturated heterocycles. The Bertz CT molecular complexity index is 1170. The number of rotatable bonds is 6. The van der Waals surface area contributed by atoms with E-state index in [2.05, 4.69) is 15.4 Å². The smallest absolute Gasteiger partial charge is 0.326 e. The van der Waals surface area contributed by atoms with Crippen LogP contribution in [-0.4, -0.2) is 48.1 Å². The Labute approximate surface area is 172 Å². The number of imidazole rings is 1. The Balaban J connectivity index is 1.23. The second-order valence-electron chi connectivity index (χ2n) is 8.18. The predicted molar refractivity (Wildman–Crippen MR) is 111 cm³/mol. The van der Waals surface area contributed by atoms with Crippen LogP contribution in [0.4, 0.5) is 5.82 Å². The number of fused-ring (bicyclic) bond motifs is 2. The quantitative estimate of drug-likeness (QED) is 0.644. The third-order valence-electron chi connectivity index (χ3n) is 6.11. The molecular weight excluding hydrogens is 384 g/mol. The summed E-state index contributed by atoms with van der Waals surface area (Å²) < 4.78 is 3.29. The van der Waals surface area contributed by atoms with Gasteiger partial charge in [-0.1, -0.05) is 12.1 Å². The Morgan fingerprint density at radius 2 is 2.07 bits per heavy atom. The van der Waals surface area contributed by atoms with Crippen LogP contribution in [0.2, 0.25) is 0 Å². The lowest BCUT2D eigenvalue weighted by Gasteiger charge is -2.26. The van der Waals surface area contributed by atoms with Crippen LogP contribution in [0.3, 0.4) is 0 Å². The molecule has 0 unspecified atom stereocenters. The normalized spacial score (nSPS) is 22.3.